The number of alkyl halides is 3. The number of carbonyl (C=O) groups excluding carboxylic acids is 6. The fourth-order valence-electron chi connectivity index (χ4n) is 6.60. The lowest BCUT2D eigenvalue weighted by molar-refractivity contribution is -0.157. The van der Waals surface area contributed by atoms with Crippen molar-refractivity contribution in [3.8, 4) is 0 Å². The van der Waals surface area contributed by atoms with E-state index < -0.39 is 83.3 Å². The highest BCUT2D eigenvalue weighted by molar-refractivity contribution is 6.37. The van der Waals surface area contributed by atoms with E-state index in [0.29, 0.717) is 0 Å². The van der Waals surface area contributed by atoms with E-state index in [4.69, 9.17) is 10.5 Å². The summed E-state index contributed by atoms with van der Waals surface area (Å²) in [6, 6.07) is -5.45. The molecule has 0 bridgehead atoms. The van der Waals surface area contributed by atoms with E-state index in [0.717, 1.165) is 12.8 Å². The lowest BCUT2D eigenvalue weighted by Crippen LogP contribution is -2.62. The van der Waals surface area contributed by atoms with Crippen molar-refractivity contribution in [1.29, 1.82) is 0 Å². The van der Waals surface area contributed by atoms with Crippen molar-refractivity contribution in [2.75, 3.05) is 6.54 Å². The molecule has 1 aliphatic heterocycles. The lowest BCUT2D eigenvalue weighted by atomic mass is 9.85. The van der Waals surface area contributed by atoms with Crippen LogP contribution in [-0.4, -0.2) is 82.9 Å². The number of nitrogens with zero attached hydrogens (tertiary/aromatic N) is 1. The van der Waals surface area contributed by atoms with E-state index >= 15 is 0 Å². The maximum Gasteiger partial charge on any atom is 0.389 e. The lowest BCUT2D eigenvalue weighted by Gasteiger charge is -2.38. The van der Waals surface area contributed by atoms with Crippen molar-refractivity contribution >= 4 is 35.5 Å². The topological polar surface area (TPSA) is 177 Å². The Kier molecular flexibility index (Phi) is 11.6. The molecule has 2 unspecified atom stereocenters. The molecule has 3 aliphatic rings. The largest absolute Gasteiger partial charge is 0.458 e. The summed E-state index contributed by atoms with van der Waals surface area (Å²) in [4.78, 5) is 80.0. The van der Waals surface area contributed by atoms with E-state index in [-0.39, 0.29) is 55.4 Å². The predicted octanol–water partition coefficient (Wildman–Crippen LogP) is 3.36. The minimum Gasteiger partial charge on any atom is -0.458 e. The van der Waals surface area contributed by atoms with Gasteiger partial charge in [0, 0.05) is 13.0 Å². The molecule has 2 saturated carbocycles. The monoisotopic (exact) mass is 687 g/mol. The van der Waals surface area contributed by atoms with Gasteiger partial charge >= 0.3 is 18.2 Å². The van der Waals surface area contributed by atoms with Crippen LogP contribution in [0.2, 0.25) is 0 Å². The summed E-state index contributed by atoms with van der Waals surface area (Å²) in [7, 11) is 0. The second-order valence-corrected chi connectivity index (χ2v) is 16.2. The molecule has 48 heavy (non-hydrogen) atoms. The number of piperidine rings is 1. The molecule has 2 aliphatic carbocycles. The molecule has 12 nitrogen and oxygen atoms in total. The average Bonchev–Trinajstić information content (AvgIpc) is 3.77. The van der Waals surface area contributed by atoms with Crippen LogP contribution in [0, 0.1) is 28.6 Å². The van der Waals surface area contributed by atoms with Crippen LogP contribution < -0.4 is 21.7 Å². The summed E-state index contributed by atoms with van der Waals surface area (Å²) in [6.07, 6.45) is -3.78. The molecule has 3 rings (SSSR count). The Morgan fingerprint density at radius 1 is 0.917 bits per heavy atom. The first-order chi connectivity index (χ1) is 21.8. The van der Waals surface area contributed by atoms with Crippen LogP contribution in [0.5, 0.6) is 0 Å². The number of ketones is 1. The molecule has 6 atom stereocenters. The Labute approximate surface area is 280 Å². The molecular weight excluding hydrogens is 635 g/mol. The van der Waals surface area contributed by atoms with E-state index in [2.05, 4.69) is 16.0 Å². The van der Waals surface area contributed by atoms with Gasteiger partial charge in [0.15, 0.2) is 0 Å². The number of unbranched alkanes of at least 4 members (excludes halogenated alkanes) is 1. The van der Waals surface area contributed by atoms with Crippen molar-refractivity contribution in [3.05, 3.63) is 0 Å². The average molecular weight is 688 g/mol. The number of nitrogens with one attached hydrogen (secondary N) is 3. The smallest absolute Gasteiger partial charge is 0.389 e. The van der Waals surface area contributed by atoms with E-state index in [1.807, 2.05) is 13.8 Å². The van der Waals surface area contributed by atoms with Crippen LogP contribution in [0.1, 0.15) is 100 Å². The molecule has 3 fully saturated rings. The van der Waals surface area contributed by atoms with Crippen molar-refractivity contribution in [2.24, 2.45) is 34.3 Å². The number of halogens is 3. The number of amides is 5. The second kappa shape index (κ2) is 14.2. The Hall–Kier alpha value is -3.39. The molecule has 272 valence electrons. The molecule has 0 aromatic carbocycles. The first kappa shape index (κ1) is 39.1. The maximum absolute atomic E-state index is 14.2. The third kappa shape index (κ3) is 10.3. The van der Waals surface area contributed by atoms with Gasteiger partial charge in [-0.2, -0.15) is 13.2 Å². The molecule has 15 heteroatoms. The SMILES string of the molecule is CC(C)(C)OC(=O)C(CCCCC(F)(F)F)NC(=O)N[C@H](C(=O)N1C[C@H]2[C@@H]([C@H]1C(=O)NC(CC1CC1)C(=O)C(N)=O)C2(C)C)C(C)(C)C. The van der Waals surface area contributed by atoms with E-state index in [1.54, 1.807) is 41.5 Å². The third-order valence-corrected chi connectivity index (χ3v) is 9.49. The zero-order valence-corrected chi connectivity index (χ0v) is 29.2. The fourth-order valence-corrected chi connectivity index (χ4v) is 6.60. The van der Waals surface area contributed by atoms with Gasteiger partial charge in [-0.1, -0.05) is 53.9 Å². The third-order valence-electron chi connectivity index (χ3n) is 9.49. The highest BCUT2D eigenvalue weighted by Gasteiger charge is 2.70. The van der Waals surface area contributed by atoms with Gasteiger partial charge in [0.05, 0.1) is 6.04 Å². The summed E-state index contributed by atoms with van der Waals surface area (Å²) in [5.41, 5.74) is 3.18. The van der Waals surface area contributed by atoms with Crippen molar-refractivity contribution in [2.45, 2.75) is 136 Å². The highest BCUT2D eigenvalue weighted by atomic mass is 19.4. The Balaban J connectivity index is 1.79. The zero-order chi connectivity index (χ0) is 36.6. The summed E-state index contributed by atoms with van der Waals surface area (Å²) in [6.45, 7) is 14.2. The number of ether oxygens (including phenoxy) is 1. The molecule has 1 saturated heterocycles. The number of hydrogen-bond acceptors (Lipinski definition) is 7. The number of urea groups is 1. The van der Waals surface area contributed by atoms with Crippen molar-refractivity contribution in [3.63, 3.8) is 0 Å². The molecule has 0 radical (unpaired) electrons. The Bertz CT molecular complexity index is 1270. The first-order valence-corrected chi connectivity index (χ1v) is 16.6. The zero-order valence-electron chi connectivity index (χ0n) is 29.2. The molecule has 1 heterocycles. The minimum atomic E-state index is -4.36. The second-order valence-electron chi connectivity index (χ2n) is 16.2. The Morgan fingerprint density at radius 3 is 2.02 bits per heavy atom. The van der Waals surface area contributed by atoms with E-state index in [1.165, 1.54) is 4.90 Å². The fraction of sp³-hybridized carbons (Fsp3) is 0.818. The predicted molar refractivity (Wildman–Crippen MR) is 169 cm³/mol. The number of carbonyl (C=O) groups is 6. The number of primary amides is 1. The van der Waals surface area contributed by atoms with Crippen LogP contribution in [0.25, 0.3) is 0 Å². The highest BCUT2D eigenvalue weighted by Crippen LogP contribution is 2.65. The Morgan fingerprint density at radius 2 is 1.52 bits per heavy atom. The van der Waals surface area contributed by atoms with E-state index in [9.17, 15) is 41.9 Å². The molecule has 0 aromatic rings. The van der Waals surface area contributed by atoms with Gasteiger partial charge < -0.3 is 31.3 Å². The minimum absolute atomic E-state index is 0.0194. The number of hydrogen-bond donors (Lipinski definition) is 4. The molecule has 0 spiro atoms. The quantitative estimate of drug-likeness (QED) is 0.123. The van der Waals surface area contributed by atoms with Crippen LogP contribution in [0.3, 0.4) is 0 Å². The summed E-state index contributed by atoms with van der Waals surface area (Å²) in [5, 5.41) is 7.82. The van der Waals surface area contributed by atoms with Gasteiger partial charge in [0.25, 0.3) is 5.91 Å². The van der Waals surface area contributed by atoms with Crippen LogP contribution in [0.15, 0.2) is 0 Å². The van der Waals surface area contributed by atoms with Gasteiger partial charge in [0.2, 0.25) is 17.6 Å². The number of rotatable bonds is 14. The maximum atomic E-state index is 14.2. The van der Waals surface area contributed by atoms with Gasteiger partial charge in [-0.15, -0.1) is 0 Å². The van der Waals surface area contributed by atoms with Crippen LogP contribution in [-0.2, 0) is 28.7 Å². The van der Waals surface area contributed by atoms with Gasteiger partial charge in [0.1, 0.15) is 23.7 Å². The summed E-state index contributed by atoms with van der Waals surface area (Å²) >= 11 is 0. The van der Waals surface area contributed by atoms with Crippen molar-refractivity contribution < 1.29 is 46.7 Å². The first-order valence-electron chi connectivity index (χ1n) is 16.6. The molecule has 5 amide bonds. The summed E-state index contributed by atoms with van der Waals surface area (Å²) in [5.74, 6) is -4.08. The van der Waals surface area contributed by atoms with Crippen LogP contribution in [0.4, 0.5) is 18.0 Å². The number of Topliss-reactive ketones (excluding diaryl/α,β-unsaturated/α-hetero) is 1. The van der Waals surface area contributed by atoms with Crippen molar-refractivity contribution in [1.82, 2.24) is 20.9 Å². The normalized spacial score (nSPS) is 23.6. The van der Waals surface area contributed by atoms with Crippen LogP contribution >= 0.6 is 0 Å². The number of nitrogens with two attached hydrogens (primary N) is 1. The number of esters is 1. The van der Waals surface area contributed by atoms with Gasteiger partial charge in [-0.25, -0.2) is 9.59 Å². The van der Waals surface area contributed by atoms with Gasteiger partial charge in [-0.05, 0) is 68.6 Å². The number of likely N-dealkylation sites (tertiary alicyclic amines) is 1. The standard InChI is InChI=1S/C33H52F3N5O7/c1-30(2,3)24(40-29(47)39-19(28(46)48-31(4,5)6)11-9-10-14-33(34,35)36)27(45)41-16-18-21(32(18,7)8)22(41)26(44)38-20(15-17-12-13-17)23(42)25(37)43/h17-22,24H,9-16H2,1-8H3,(H2,37,43)(H,38,44)(H2,39,40,47)/t18-,19?,20?,21-,22-,24+/m0/s1. The molecular formula is C33H52F3N5O7. The molecule has 5 N–H and O–H groups in total. The number of fused-ring (bicyclic) bond motifs is 1. The molecule has 0 aromatic heterocycles. The summed E-state index contributed by atoms with van der Waals surface area (Å²) < 4.78 is 43.5. The van der Waals surface area contributed by atoms with Gasteiger partial charge in [-0.3, -0.25) is 19.2 Å².